The van der Waals surface area contributed by atoms with E-state index in [4.69, 9.17) is 19.2 Å². The number of ketones is 1. The predicted molar refractivity (Wildman–Crippen MR) is 213 cm³/mol. The second-order valence-electron chi connectivity index (χ2n) is 17.4. The highest BCUT2D eigenvalue weighted by atomic mass is 32.2. The zero-order valence-corrected chi connectivity index (χ0v) is 34.8. The van der Waals surface area contributed by atoms with Crippen molar-refractivity contribution in [2.75, 3.05) is 32.6 Å². The third-order valence-electron chi connectivity index (χ3n) is 12.3. The maximum absolute atomic E-state index is 14.9. The van der Waals surface area contributed by atoms with Gasteiger partial charge in [-0.1, -0.05) is 26.0 Å². The summed E-state index contributed by atoms with van der Waals surface area (Å²) < 4.78 is 45.5. The lowest BCUT2D eigenvalue weighted by Gasteiger charge is -2.32. The monoisotopic (exact) mass is 794 g/mol. The van der Waals surface area contributed by atoms with Crippen LogP contribution in [0.3, 0.4) is 0 Å². The van der Waals surface area contributed by atoms with Crippen LogP contribution in [0.4, 0.5) is 5.82 Å². The molecule has 1 aromatic heterocycles. The predicted octanol–water partition coefficient (Wildman–Crippen LogP) is 5.59. The van der Waals surface area contributed by atoms with E-state index < -0.39 is 50.1 Å². The number of pyridine rings is 1. The number of hydrogen-bond acceptors (Lipinski definition) is 11. The first-order chi connectivity index (χ1) is 26.4. The fourth-order valence-electron chi connectivity index (χ4n) is 8.37. The van der Waals surface area contributed by atoms with Crippen molar-refractivity contribution in [2.24, 2.45) is 29.1 Å². The summed E-state index contributed by atoms with van der Waals surface area (Å²) in [6.07, 6.45) is 6.14. The average molecular weight is 795 g/mol. The lowest BCUT2D eigenvalue weighted by atomic mass is 9.82. The maximum Gasteiger partial charge on any atom is 0.306 e. The molecule has 7 atom stereocenters. The zero-order valence-electron chi connectivity index (χ0n) is 34.0. The van der Waals surface area contributed by atoms with E-state index in [0.717, 1.165) is 23.6 Å². The van der Waals surface area contributed by atoms with Gasteiger partial charge in [-0.05, 0) is 107 Å². The summed E-state index contributed by atoms with van der Waals surface area (Å²) >= 11 is 0. The van der Waals surface area contributed by atoms with Crippen LogP contribution in [0.5, 0.6) is 11.6 Å². The van der Waals surface area contributed by atoms with Gasteiger partial charge in [0.15, 0.2) is 5.78 Å². The summed E-state index contributed by atoms with van der Waals surface area (Å²) in [6, 6.07) is 6.51. The third-order valence-corrected chi connectivity index (χ3v) is 14.4. The van der Waals surface area contributed by atoms with Crippen molar-refractivity contribution in [3.8, 4) is 11.6 Å². The van der Waals surface area contributed by atoms with Gasteiger partial charge < -0.3 is 24.0 Å². The summed E-state index contributed by atoms with van der Waals surface area (Å²) in [5.74, 6) is -1.31. The molecule has 1 N–H and O–H groups in total. The molecule has 0 spiro atoms. The number of hydrogen-bond donors (Lipinski definition) is 1. The summed E-state index contributed by atoms with van der Waals surface area (Å²) in [4.78, 5) is 65.0. The number of fused-ring (bicyclic) bond motifs is 3. The minimum absolute atomic E-state index is 0.0496. The summed E-state index contributed by atoms with van der Waals surface area (Å²) in [7, 11) is 1.38. The molecule has 2 aliphatic carbocycles. The van der Waals surface area contributed by atoms with Crippen LogP contribution in [0.1, 0.15) is 92.4 Å². The van der Waals surface area contributed by atoms with Crippen LogP contribution >= 0.6 is 0 Å². The Kier molecular flexibility index (Phi) is 11.8. The molecule has 306 valence electrons. The molecular weight excluding hydrogens is 737 g/mol. The molecule has 0 bridgehead atoms. The lowest BCUT2D eigenvalue weighted by Crippen LogP contribution is -2.48. The lowest BCUT2D eigenvalue weighted by molar-refractivity contribution is -0.154. The van der Waals surface area contributed by atoms with Crippen LogP contribution < -0.4 is 19.1 Å². The van der Waals surface area contributed by atoms with Crippen LogP contribution in [-0.4, -0.2) is 92.6 Å². The summed E-state index contributed by atoms with van der Waals surface area (Å²) in [6.45, 7) is 9.29. The highest BCUT2D eigenvalue weighted by Crippen LogP contribution is 2.57. The normalized spacial score (nSPS) is 29.7. The topological polar surface area (TPSA) is 162 Å². The number of methoxy groups -OCH3 is 1. The van der Waals surface area contributed by atoms with Gasteiger partial charge in [-0.25, -0.2) is 8.42 Å². The first-order valence-electron chi connectivity index (χ1n) is 19.9. The number of allylic oxidation sites excluding steroid dienone is 2. The molecule has 2 amide bonds. The molecule has 1 saturated heterocycles. The van der Waals surface area contributed by atoms with Crippen molar-refractivity contribution in [3.05, 3.63) is 36.4 Å². The number of nitrogens with zero attached hydrogens (tertiary/aromatic N) is 3. The molecule has 2 aliphatic heterocycles. The average Bonchev–Trinajstić information content (AvgIpc) is 4.01. The van der Waals surface area contributed by atoms with E-state index in [0.29, 0.717) is 43.1 Å². The molecule has 1 aromatic carbocycles. The molecule has 2 aromatic rings. The van der Waals surface area contributed by atoms with E-state index >= 15 is 0 Å². The van der Waals surface area contributed by atoms with Crippen molar-refractivity contribution >= 4 is 50.2 Å². The number of benzene rings is 1. The number of ether oxygens (including phenoxy) is 3. The Morgan fingerprint density at radius 1 is 1.11 bits per heavy atom. The number of carbonyl (C=O) groups excluding carboxylic acids is 4. The van der Waals surface area contributed by atoms with Gasteiger partial charge in [0.2, 0.25) is 27.7 Å². The van der Waals surface area contributed by atoms with Crippen LogP contribution in [0.15, 0.2) is 36.4 Å². The van der Waals surface area contributed by atoms with Crippen molar-refractivity contribution in [3.63, 3.8) is 0 Å². The van der Waals surface area contributed by atoms with Crippen molar-refractivity contribution in [1.82, 2.24) is 14.6 Å². The largest absolute Gasteiger partial charge is 0.497 e. The van der Waals surface area contributed by atoms with Gasteiger partial charge >= 0.3 is 5.97 Å². The number of sulfonamides is 1. The molecule has 13 nitrogen and oxygen atoms in total. The van der Waals surface area contributed by atoms with Gasteiger partial charge in [-0.15, -0.1) is 0 Å². The first kappa shape index (κ1) is 41.4. The second-order valence-corrected chi connectivity index (χ2v) is 19.6. The summed E-state index contributed by atoms with van der Waals surface area (Å²) in [5, 5.41) is 1.56. The molecule has 56 heavy (non-hydrogen) atoms. The fraction of sp³-hybridized carbons (Fsp3) is 0.643. The van der Waals surface area contributed by atoms with E-state index in [1.165, 1.54) is 4.90 Å². The zero-order chi connectivity index (χ0) is 40.7. The van der Waals surface area contributed by atoms with Crippen LogP contribution in [0, 0.1) is 29.1 Å². The molecule has 4 aliphatic rings. The second kappa shape index (κ2) is 16.0. The number of nitrogens with one attached hydrogen (secondary N) is 1. The smallest absolute Gasteiger partial charge is 0.306 e. The molecule has 0 radical (unpaired) electrons. The van der Waals surface area contributed by atoms with Gasteiger partial charge in [0.25, 0.3) is 0 Å². The van der Waals surface area contributed by atoms with Crippen molar-refractivity contribution in [1.29, 1.82) is 0 Å². The van der Waals surface area contributed by atoms with E-state index in [9.17, 15) is 27.6 Å². The van der Waals surface area contributed by atoms with Crippen molar-refractivity contribution in [2.45, 2.75) is 115 Å². The number of Topliss-reactive ketones (excluding diaryl/α,β-unsaturated/α-hetero) is 1. The number of carbonyl (C=O) groups is 4. The van der Waals surface area contributed by atoms with Crippen LogP contribution in [0.2, 0.25) is 0 Å². The number of aromatic nitrogens is 1. The highest BCUT2D eigenvalue weighted by Gasteiger charge is 2.62. The van der Waals surface area contributed by atoms with Crippen LogP contribution in [0.25, 0.3) is 10.8 Å². The minimum Gasteiger partial charge on any atom is -0.497 e. The molecule has 2 saturated carbocycles. The highest BCUT2D eigenvalue weighted by molar-refractivity contribution is 7.91. The Balaban J connectivity index is 1.37. The van der Waals surface area contributed by atoms with E-state index in [2.05, 4.69) is 11.6 Å². The molecule has 3 fully saturated rings. The van der Waals surface area contributed by atoms with E-state index in [1.807, 2.05) is 62.3 Å². The van der Waals surface area contributed by atoms with E-state index in [-0.39, 0.29) is 61.4 Å². The maximum atomic E-state index is 14.9. The number of esters is 1. The van der Waals surface area contributed by atoms with Crippen molar-refractivity contribution < 1.29 is 41.8 Å². The van der Waals surface area contributed by atoms with Gasteiger partial charge in [-0.2, -0.15) is 4.98 Å². The van der Waals surface area contributed by atoms with Gasteiger partial charge in [0.05, 0.1) is 48.3 Å². The van der Waals surface area contributed by atoms with Gasteiger partial charge in [-0.3, -0.25) is 23.9 Å². The Hall–Kier alpha value is -4.20. The Bertz CT molecular complexity index is 1990. The van der Waals surface area contributed by atoms with Gasteiger partial charge in [0, 0.05) is 32.3 Å². The molecule has 14 heteroatoms. The first-order valence-corrected chi connectivity index (χ1v) is 21.4. The molecule has 6 rings (SSSR count). The minimum atomic E-state index is -3.95. The quantitative estimate of drug-likeness (QED) is 0.236. The Labute approximate surface area is 330 Å². The number of anilines is 1. The fourth-order valence-corrected chi connectivity index (χ4v) is 9.70. The van der Waals surface area contributed by atoms with E-state index in [1.54, 1.807) is 27.9 Å². The summed E-state index contributed by atoms with van der Waals surface area (Å²) in [5.41, 5.74) is -1.27. The Morgan fingerprint density at radius 2 is 1.84 bits per heavy atom. The SMILES string of the molecule is COc1ccc2c(O[C@@H]3C[C@H]4C(=O)C[C@]5(C(=O)NS(=O)(=O)C6(C)CC6)C[C@H]5/C=C\CC[C@@H](C)C[C@@H](C)[C@H](CC(=O)OC(C)C)C(=O)N4C3)nc(N(C)C)cc2c1. The van der Waals surface area contributed by atoms with Crippen LogP contribution in [-0.2, 0) is 33.9 Å². The standard InChI is InChI=1S/C42H58N4O9S/c1-25(2)54-37(48)21-33-27(4)17-26(3)11-9-10-12-29-22-42(29,40(50)44-56(51,52)41(5)15-16-41)23-35(47)34-20-31(24-46(34)39(33)49)55-38-32-14-13-30(53-8)18-28(32)19-36(43-38)45(6)7/h10,12-14,18-19,25-27,29,31,33-34H,9,11,15-17,20-24H2,1-8H3,(H,44,50)/b12-10-/t26-,27-,29-,31-,33+,34+,42-/m1/s1. The van der Waals surface area contributed by atoms with Gasteiger partial charge in [0.1, 0.15) is 17.7 Å². The Morgan fingerprint density at radius 3 is 2.50 bits per heavy atom. The third kappa shape index (κ3) is 8.69. The number of rotatable bonds is 10. The molecule has 0 unspecified atom stereocenters. The number of amides is 2. The molecular formula is C42H58N4O9S. The molecule has 3 heterocycles.